The molecule has 7 nitrogen and oxygen atoms in total. The Morgan fingerprint density at radius 2 is 1.72 bits per heavy atom. The van der Waals surface area contributed by atoms with Gasteiger partial charge in [-0.25, -0.2) is 13.8 Å². The molecule has 0 aliphatic heterocycles. The minimum Gasteiger partial charge on any atom is -0.352 e. The summed E-state index contributed by atoms with van der Waals surface area (Å²) in [5.74, 6) is -0.627. The molecule has 4 aromatic rings. The number of nitrogens with one attached hydrogen (secondary N) is 1. The van der Waals surface area contributed by atoms with E-state index in [1.165, 1.54) is 38.9 Å². The SMILES string of the molecule is [B]c1ccc(Nc2cc(=O)n(C)c3c2c(=O)n(C2CC2)c(=O)n3-c2ccccc2)c(F)c1. The van der Waals surface area contributed by atoms with Gasteiger partial charge in [-0.1, -0.05) is 29.7 Å². The lowest BCUT2D eigenvalue weighted by Gasteiger charge is -2.19. The van der Waals surface area contributed by atoms with Gasteiger partial charge in [0.1, 0.15) is 24.7 Å². The second-order valence-corrected chi connectivity index (χ2v) is 7.88. The maximum atomic E-state index is 14.5. The van der Waals surface area contributed by atoms with Crippen LogP contribution in [-0.2, 0) is 7.05 Å². The Kier molecular flexibility index (Phi) is 4.62. The molecular formula is C23H18BFN4O3. The molecule has 1 fully saturated rings. The first-order chi connectivity index (χ1) is 15.4. The minimum atomic E-state index is -0.627. The summed E-state index contributed by atoms with van der Waals surface area (Å²) in [6.07, 6.45) is 1.44. The molecule has 0 bridgehead atoms. The maximum absolute atomic E-state index is 14.5. The molecule has 1 N–H and O–H groups in total. The highest BCUT2D eigenvalue weighted by molar-refractivity contribution is 6.32. The summed E-state index contributed by atoms with van der Waals surface area (Å²) in [6.45, 7) is 0. The monoisotopic (exact) mass is 428 g/mol. The van der Waals surface area contributed by atoms with Crippen molar-refractivity contribution in [2.45, 2.75) is 18.9 Å². The Morgan fingerprint density at radius 3 is 2.38 bits per heavy atom. The number of para-hydroxylation sites is 1. The normalized spacial score (nSPS) is 13.4. The van der Waals surface area contributed by atoms with E-state index in [9.17, 15) is 18.8 Å². The van der Waals surface area contributed by atoms with Crippen LogP contribution in [0, 0.1) is 5.82 Å². The Labute approximate surface area is 182 Å². The zero-order valence-electron chi connectivity index (χ0n) is 17.2. The fraction of sp³-hybridized carbons (Fsp3) is 0.174. The molecule has 0 amide bonds. The average Bonchev–Trinajstić information content (AvgIpc) is 3.59. The molecule has 32 heavy (non-hydrogen) atoms. The van der Waals surface area contributed by atoms with Crippen LogP contribution in [0.5, 0.6) is 0 Å². The summed E-state index contributed by atoms with van der Waals surface area (Å²) in [4.78, 5) is 39.7. The van der Waals surface area contributed by atoms with E-state index in [0.717, 1.165) is 18.9 Å². The summed E-state index contributed by atoms with van der Waals surface area (Å²) in [5.41, 5.74) is -0.411. The third-order valence-corrected chi connectivity index (χ3v) is 5.64. The summed E-state index contributed by atoms with van der Waals surface area (Å²) < 4.78 is 18.3. The molecule has 0 unspecified atom stereocenters. The van der Waals surface area contributed by atoms with E-state index in [1.807, 2.05) is 6.07 Å². The third-order valence-electron chi connectivity index (χ3n) is 5.64. The van der Waals surface area contributed by atoms with Crippen molar-refractivity contribution in [2.24, 2.45) is 7.05 Å². The summed E-state index contributed by atoms with van der Waals surface area (Å²) in [6, 6.07) is 13.9. The van der Waals surface area contributed by atoms with Crippen LogP contribution in [0.2, 0.25) is 0 Å². The first-order valence-corrected chi connectivity index (χ1v) is 10.2. The highest BCUT2D eigenvalue weighted by atomic mass is 19.1. The van der Waals surface area contributed by atoms with Gasteiger partial charge in [0.15, 0.2) is 0 Å². The molecule has 2 aromatic heterocycles. The average molecular weight is 428 g/mol. The third kappa shape index (κ3) is 3.17. The smallest absolute Gasteiger partial charge is 0.337 e. The number of hydrogen-bond donors (Lipinski definition) is 1. The number of aromatic nitrogens is 3. The van der Waals surface area contributed by atoms with E-state index in [2.05, 4.69) is 5.32 Å². The molecule has 2 aromatic carbocycles. The van der Waals surface area contributed by atoms with Crippen molar-refractivity contribution in [3.8, 4) is 5.69 Å². The number of rotatable bonds is 4. The van der Waals surface area contributed by atoms with Gasteiger partial charge < -0.3 is 5.32 Å². The second-order valence-electron chi connectivity index (χ2n) is 7.88. The molecule has 2 heterocycles. The predicted molar refractivity (Wildman–Crippen MR) is 122 cm³/mol. The molecular weight excluding hydrogens is 410 g/mol. The van der Waals surface area contributed by atoms with E-state index < -0.39 is 22.6 Å². The van der Waals surface area contributed by atoms with E-state index >= 15 is 0 Å². The van der Waals surface area contributed by atoms with Gasteiger partial charge >= 0.3 is 5.69 Å². The van der Waals surface area contributed by atoms with Crippen LogP contribution in [-0.4, -0.2) is 21.5 Å². The Morgan fingerprint density at radius 1 is 1.00 bits per heavy atom. The zero-order valence-corrected chi connectivity index (χ0v) is 17.2. The van der Waals surface area contributed by atoms with Crippen molar-refractivity contribution in [2.75, 3.05) is 5.32 Å². The Balaban J connectivity index is 1.90. The molecule has 1 saturated carbocycles. The van der Waals surface area contributed by atoms with Gasteiger partial charge in [-0.05, 0) is 37.1 Å². The predicted octanol–water partition coefficient (Wildman–Crippen LogP) is 1.86. The number of pyridine rings is 1. The molecule has 2 radical (unpaired) electrons. The van der Waals surface area contributed by atoms with E-state index in [0.29, 0.717) is 5.69 Å². The summed E-state index contributed by atoms with van der Waals surface area (Å²) >= 11 is 0. The lowest BCUT2D eigenvalue weighted by Crippen LogP contribution is -2.41. The minimum absolute atomic E-state index is 0.0589. The van der Waals surface area contributed by atoms with Gasteiger partial charge in [-0.15, -0.1) is 0 Å². The first-order valence-electron chi connectivity index (χ1n) is 10.2. The van der Waals surface area contributed by atoms with Crippen molar-refractivity contribution in [1.82, 2.24) is 13.7 Å². The van der Waals surface area contributed by atoms with Crippen LogP contribution >= 0.6 is 0 Å². The van der Waals surface area contributed by atoms with Crippen LogP contribution in [0.3, 0.4) is 0 Å². The molecule has 0 spiro atoms. The number of halogens is 1. The standard InChI is InChI=1S/C23H18BFN4O3/c1-27-19(30)12-18(26-17-10-7-13(24)11-16(17)25)20-21(27)28(14-5-3-2-4-6-14)23(32)29(22(20)31)15-8-9-15/h2-7,10-12,15,26H,8-9H2,1H3. The number of benzene rings is 2. The van der Waals surface area contributed by atoms with Crippen molar-refractivity contribution < 1.29 is 4.39 Å². The van der Waals surface area contributed by atoms with Crippen LogP contribution in [0.4, 0.5) is 15.8 Å². The van der Waals surface area contributed by atoms with Gasteiger partial charge in [-0.2, -0.15) is 0 Å². The maximum Gasteiger partial charge on any atom is 0.337 e. The summed E-state index contributed by atoms with van der Waals surface area (Å²) in [5, 5.41) is 2.99. The number of fused-ring (bicyclic) bond motifs is 1. The second kappa shape index (κ2) is 7.37. The van der Waals surface area contributed by atoms with E-state index in [4.69, 9.17) is 7.85 Å². The fourth-order valence-electron chi connectivity index (χ4n) is 3.90. The fourth-order valence-corrected chi connectivity index (χ4v) is 3.90. The molecule has 0 saturated heterocycles. The molecule has 0 atom stereocenters. The van der Waals surface area contributed by atoms with Crippen LogP contribution in [0.25, 0.3) is 16.7 Å². The van der Waals surface area contributed by atoms with Crippen molar-refractivity contribution in [3.05, 3.63) is 91.6 Å². The number of nitrogens with zero attached hydrogens (tertiary/aromatic N) is 3. The van der Waals surface area contributed by atoms with Crippen LogP contribution in [0.1, 0.15) is 18.9 Å². The highest BCUT2D eigenvalue weighted by Gasteiger charge is 2.30. The Bertz CT molecular complexity index is 1550. The largest absolute Gasteiger partial charge is 0.352 e. The van der Waals surface area contributed by atoms with Gasteiger partial charge in [0.25, 0.3) is 11.1 Å². The van der Waals surface area contributed by atoms with Gasteiger partial charge in [0.2, 0.25) is 0 Å². The molecule has 1 aliphatic rings. The molecule has 5 rings (SSSR count). The van der Waals surface area contributed by atoms with E-state index in [1.54, 1.807) is 24.3 Å². The Hall–Kier alpha value is -3.88. The van der Waals surface area contributed by atoms with Gasteiger partial charge in [-0.3, -0.25) is 18.7 Å². The summed E-state index contributed by atoms with van der Waals surface area (Å²) in [7, 11) is 7.13. The van der Waals surface area contributed by atoms with Crippen molar-refractivity contribution in [3.63, 3.8) is 0 Å². The highest BCUT2D eigenvalue weighted by Crippen LogP contribution is 2.33. The molecule has 1 aliphatic carbocycles. The van der Waals surface area contributed by atoms with Crippen molar-refractivity contribution in [1.29, 1.82) is 0 Å². The first kappa shape index (κ1) is 20.1. The quantitative estimate of drug-likeness (QED) is 0.504. The van der Waals surface area contributed by atoms with Gasteiger partial charge in [0, 0.05) is 19.2 Å². The lowest BCUT2D eigenvalue weighted by molar-refractivity contribution is 0.632. The zero-order chi connectivity index (χ0) is 22.6. The van der Waals surface area contributed by atoms with Crippen LogP contribution in [0.15, 0.2) is 69.0 Å². The molecule has 158 valence electrons. The van der Waals surface area contributed by atoms with Crippen LogP contribution < -0.4 is 27.6 Å². The number of aryl methyl sites for hydroxylation is 1. The van der Waals surface area contributed by atoms with Crippen molar-refractivity contribution >= 4 is 35.7 Å². The lowest BCUT2D eigenvalue weighted by atomic mass is 9.96. The van der Waals surface area contributed by atoms with Gasteiger partial charge in [0.05, 0.1) is 17.1 Å². The topological polar surface area (TPSA) is 78.0 Å². The number of hydrogen-bond acceptors (Lipinski definition) is 4. The molecule has 9 heteroatoms. The number of anilines is 2. The van der Waals surface area contributed by atoms with E-state index in [-0.39, 0.29) is 33.9 Å².